The summed E-state index contributed by atoms with van der Waals surface area (Å²) in [6.45, 7) is 2.27. The van der Waals surface area contributed by atoms with Gasteiger partial charge in [0, 0.05) is 32.1 Å². The quantitative estimate of drug-likeness (QED) is 0.762. The fourth-order valence-electron chi connectivity index (χ4n) is 4.78. The van der Waals surface area contributed by atoms with Crippen LogP contribution in [-0.4, -0.2) is 61.7 Å². The van der Waals surface area contributed by atoms with E-state index in [9.17, 15) is 18.0 Å². The van der Waals surface area contributed by atoms with Crippen molar-refractivity contribution in [2.45, 2.75) is 68.9 Å². The van der Waals surface area contributed by atoms with Crippen molar-refractivity contribution < 1.29 is 22.7 Å². The Morgan fingerprint density at radius 3 is 2.48 bits per heavy atom. The van der Waals surface area contributed by atoms with Gasteiger partial charge in [-0.15, -0.1) is 0 Å². The van der Waals surface area contributed by atoms with Crippen LogP contribution in [0.3, 0.4) is 0 Å². The SMILES string of the molecule is C[C@@H]1Oc2ccc(S(=O)(=O)N3CCC(C(=O)N(C)C4CCCCC4)CC3)cc2NC1=O. The third-order valence-corrected chi connectivity index (χ3v) is 8.69. The van der Waals surface area contributed by atoms with Crippen LogP contribution < -0.4 is 10.1 Å². The number of fused-ring (bicyclic) bond motifs is 1. The number of carbonyl (C=O) groups excluding carboxylic acids is 2. The highest BCUT2D eigenvalue weighted by Gasteiger charge is 2.35. The normalized spacial score (nSPS) is 23.5. The average Bonchev–Trinajstić information content (AvgIpc) is 2.79. The van der Waals surface area contributed by atoms with Gasteiger partial charge in [0.15, 0.2) is 6.10 Å². The molecule has 2 heterocycles. The monoisotopic (exact) mass is 449 g/mol. The summed E-state index contributed by atoms with van der Waals surface area (Å²) >= 11 is 0. The molecule has 1 atom stereocenters. The third kappa shape index (κ3) is 4.43. The van der Waals surface area contributed by atoms with Crippen LogP contribution in [0.2, 0.25) is 0 Å². The first-order chi connectivity index (χ1) is 14.8. The molecular weight excluding hydrogens is 418 g/mol. The zero-order valence-electron chi connectivity index (χ0n) is 18.2. The van der Waals surface area contributed by atoms with Gasteiger partial charge in [0.25, 0.3) is 5.91 Å². The van der Waals surface area contributed by atoms with Gasteiger partial charge in [0.1, 0.15) is 5.75 Å². The van der Waals surface area contributed by atoms with Gasteiger partial charge < -0.3 is 15.0 Å². The Balaban J connectivity index is 1.40. The first-order valence-electron chi connectivity index (χ1n) is 11.2. The van der Waals surface area contributed by atoms with Crippen molar-refractivity contribution in [2.75, 3.05) is 25.5 Å². The maximum Gasteiger partial charge on any atom is 0.265 e. The lowest BCUT2D eigenvalue weighted by Crippen LogP contribution is -2.46. The van der Waals surface area contributed by atoms with Crippen LogP contribution >= 0.6 is 0 Å². The number of ether oxygens (including phenoxy) is 1. The second-order valence-corrected chi connectivity index (χ2v) is 10.8. The highest BCUT2D eigenvalue weighted by Crippen LogP contribution is 2.34. The predicted molar refractivity (Wildman–Crippen MR) is 116 cm³/mol. The number of hydrogen-bond acceptors (Lipinski definition) is 5. The summed E-state index contributed by atoms with van der Waals surface area (Å²) in [4.78, 5) is 26.8. The number of rotatable bonds is 4. The second kappa shape index (κ2) is 8.78. The number of nitrogens with one attached hydrogen (secondary N) is 1. The first-order valence-corrected chi connectivity index (χ1v) is 12.6. The Kier molecular flexibility index (Phi) is 6.25. The Hall–Kier alpha value is -2.13. The summed E-state index contributed by atoms with van der Waals surface area (Å²) in [5.41, 5.74) is 0.364. The summed E-state index contributed by atoms with van der Waals surface area (Å²) in [7, 11) is -1.82. The first kappa shape index (κ1) is 22.1. The van der Waals surface area contributed by atoms with E-state index in [4.69, 9.17) is 4.74 Å². The minimum absolute atomic E-state index is 0.119. The van der Waals surface area contributed by atoms with E-state index in [1.807, 2.05) is 11.9 Å². The molecule has 1 aromatic carbocycles. The van der Waals surface area contributed by atoms with E-state index in [0.29, 0.717) is 43.4 Å². The van der Waals surface area contributed by atoms with Gasteiger partial charge >= 0.3 is 0 Å². The zero-order valence-corrected chi connectivity index (χ0v) is 19.0. The van der Waals surface area contributed by atoms with E-state index < -0.39 is 16.1 Å². The molecule has 0 unspecified atom stereocenters. The number of amides is 2. The van der Waals surface area contributed by atoms with Crippen LogP contribution in [0.15, 0.2) is 23.1 Å². The van der Waals surface area contributed by atoms with Crippen molar-refractivity contribution in [1.29, 1.82) is 0 Å². The second-order valence-electron chi connectivity index (χ2n) is 8.83. The van der Waals surface area contributed by atoms with Gasteiger partial charge in [0.05, 0.1) is 10.6 Å². The van der Waals surface area contributed by atoms with Crippen molar-refractivity contribution in [3.05, 3.63) is 18.2 Å². The van der Waals surface area contributed by atoms with Gasteiger partial charge in [0.2, 0.25) is 15.9 Å². The molecule has 2 fully saturated rings. The minimum atomic E-state index is -3.71. The van der Waals surface area contributed by atoms with E-state index in [0.717, 1.165) is 12.8 Å². The maximum atomic E-state index is 13.2. The number of hydrogen-bond donors (Lipinski definition) is 1. The molecule has 170 valence electrons. The van der Waals surface area contributed by atoms with Gasteiger partial charge in [-0.1, -0.05) is 19.3 Å². The van der Waals surface area contributed by atoms with Crippen molar-refractivity contribution in [3.8, 4) is 5.75 Å². The minimum Gasteiger partial charge on any atom is -0.479 e. The molecule has 31 heavy (non-hydrogen) atoms. The molecule has 8 nitrogen and oxygen atoms in total. The molecule has 2 amide bonds. The summed E-state index contributed by atoms with van der Waals surface area (Å²) in [6.07, 6.45) is 6.15. The van der Waals surface area contributed by atoms with E-state index in [1.165, 1.54) is 35.7 Å². The molecule has 3 aliphatic rings. The van der Waals surface area contributed by atoms with Gasteiger partial charge in [-0.3, -0.25) is 9.59 Å². The number of anilines is 1. The average molecular weight is 450 g/mol. The third-order valence-electron chi connectivity index (χ3n) is 6.79. The summed E-state index contributed by atoms with van der Waals surface area (Å²) < 4.78 is 33.3. The molecule has 0 bridgehead atoms. The predicted octanol–water partition coefficient (Wildman–Crippen LogP) is 2.60. The highest BCUT2D eigenvalue weighted by molar-refractivity contribution is 7.89. The number of carbonyl (C=O) groups is 2. The fraction of sp³-hybridized carbons (Fsp3) is 0.636. The summed E-state index contributed by atoms with van der Waals surface area (Å²) in [6, 6.07) is 4.85. The molecular formula is C22H31N3O5S. The number of benzene rings is 1. The zero-order chi connectivity index (χ0) is 22.2. The van der Waals surface area contributed by atoms with Crippen LogP contribution in [0.25, 0.3) is 0 Å². The Bertz CT molecular complexity index is 950. The molecule has 1 aliphatic carbocycles. The number of sulfonamides is 1. The standard InChI is InChI=1S/C22H31N3O5S/c1-15-21(26)23-19-14-18(8-9-20(19)30-15)31(28,29)25-12-10-16(11-13-25)22(27)24(2)17-6-4-3-5-7-17/h8-9,14-17H,3-7,10-13H2,1-2H3,(H,23,26)/t15-/m0/s1. The summed E-state index contributed by atoms with van der Waals surface area (Å²) in [5, 5.41) is 2.69. The lowest BCUT2D eigenvalue weighted by Gasteiger charge is -2.36. The summed E-state index contributed by atoms with van der Waals surface area (Å²) in [5.74, 6) is 0.173. The Labute approximate surface area is 184 Å². The van der Waals surface area contributed by atoms with Crippen molar-refractivity contribution >= 4 is 27.5 Å². The Morgan fingerprint density at radius 1 is 1.13 bits per heavy atom. The molecule has 9 heteroatoms. The largest absolute Gasteiger partial charge is 0.479 e. The van der Waals surface area contributed by atoms with Crippen LogP contribution in [0, 0.1) is 5.92 Å². The van der Waals surface area contributed by atoms with E-state index in [1.54, 1.807) is 13.0 Å². The van der Waals surface area contributed by atoms with Crippen molar-refractivity contribution in [3.63, 3.8) is 0 Å². The molecule has 0 aromatic heterocycles. The highest BCUT2D eigenvalue weighted by atomic mass is 32.2. The van der Waals surface area contributed by atoms with Crippen LogP contribution in [0.4, 0.5) is 5.69 Å². The maximum absolute atomic E-state index is 13.2. The van der Waals surface area contributed by atoms with Gasteiger partial charge in [-0.05, 0) is 50.8 Å². The van der Waals surface area contributed by atoms with E-state index in [-0.39, 0.29) is 22.6 Å². The van der Waals surface area contributed by atoms with E-state index >= 15 is 0 Å². The molecule has 1 aromatic rings. The number of piperidine rings is 1. The molecule has 1 N–H and O–H groups in total. The lowest BCUT2D eigenvalue weighted by molar-refractivity contribution is -0.138. The van der Waals surface area contributed by atoms with E-state index in [2.05, 4.69) is 5.32 Å². The van der Waals surface area contributed by atoms with Gasteiger partial charge in [-0.25, -0.2) is 8.42 Å². The molecule has 0 spiro atoms. The van der Waals surface area contributed by atoms with Gasteiger partial charge in [-0.2, -0.15) is 4.31 Å². The molecule has 4 rings (SSSR count). The lowest BCUT2D eigenvalue weighted by atomic mass is 9.91. The van der Waals surface area contributed by atoms with Crippen molar-refractivity contribution in [1.82, 2.24) is 9.21 Å². The smallest absolute Gasteiger partial charge is 0.265 e. The molecule has 0 radical (unpaired) electrons. The van der Waals surface area contributed by atoms with Crippen molar-refractivity contribution in [2.24, 2.45) is 5.92 Å². The molecule has 1 saturated heterocycles. The number of nitrogens with zero attached hydrogens (tertiary/aromatic N) is 2. The fourth-order valence-corrected chi connectivity index (χ4v) is 6.27. The van der Waals surface area contributed by atoms with Crippen LogP contribution in [0.5, 0.6) is 5.75 Å². The molecule has 1 saturated carbocycles. The topological polar surface area (TPSA) is 96.0 Å². The van der Waals surface area contributed by atoms with Crippen LogP contribution in [-0.2, 0) is 19.6 Å². The molecule has 2 aliphatic heterocycles. The Morgan fingerprint density at radius 2 is 1.81 bits per heavy atom. The van der Waals surface area contributed by atoms with Crippen LogP contribution in [0.1, 0.15) is 51.9 Å².